The minimum atomic E-state index is -0.283. The van der Waals surface area contributed by atoms with E-state index in [0.29, 0.717) is 47.2 Å². The van der Waals surface area contributed by atoms with Gasteiger partial charge in [0.1, 0.15) is 11.5 Å². The van der Waals surface area contributed by atoms with Crippen molar-refractivity contribution in [1.29, 1.82) is 0 Å². The highest BCUT2D eigenvalue weighted by Crippen LogP contribution is 2.62. The third-order valence-electron chi connectivity index (χ3n) is 8.33. The zero-order chi connectivity index (χ0) is 22.6. The van der Waals surface area contributed by atoms with Crippen LogP contribution in [0.4, 0.5) is 10.8 Å². The van der Waals surface area contributed by atoms with E-state index in [0.717, 1.165) is 37.0 Å². The summed E-state index contributed by atoms with van der Waals surface area (Å²) in [6.07, 6.45) is 7.29. The topological polar surface area (TPSA) is 105 Å². The van der Waals surface area contributed by atoms with E-state index in [1.807, 2.05) is 19.1 Å². The number of nitrogens with two attached hydrogens (primary N) is 1. The molecule has 0 radical (unpaired) electrons. The van der Waals surface area contributed by atoms with Crippen molar-refractivity contribution in [3.05, 3.63) is 34.3 Å². The van der Waals surface area contributed by atoms with E-state index in [2.05, 4.69) is 17.2 Å². The molecule has 0 spiro atoms. The van der Waals surface area contributed by atoms with E-state index in [-0.39, 0.29) is 23.0 Å². The van der Waals surface area contributed by atoms with E-state index < -0.39 is 0 Å². The number of carbonyl (C=O) groups excluding carboxylic acids is 2. The molecule has 170 valence electrons. The molecule has 5 atom stereocenters. The average molecular weight is 454 g/mol. The van der Waals surface area contributed by atoms with Crippen LogP contribution in [-0.2, 0) is 16.0 Å². The van der Waals surface area contributed by atoms with Crippen molar-refractivity contribution in [2.75, 3.05) is 11.1 Å². The van der Waals surface area contributed by atoms with Gasteiger partial charge in [0.15, 0.2) is 5.13 Å². The summed E-state index contributed by atoms with van der Waals surface area (Å²) in [6, 6.07) is 3.79. The van der Waals surface area contributed by atoms with E-state index >= 15 is 0 Å². The fraction of sp³-hybridized carbons (Fsp3) is 0.560. The molecular weight excluding hydrogens is 422 g/mol. The lowest BCUT2D eigenvalue weighted by Crippen LogP contribution is -2.44. The van der Waals surface area contributed by atoms with Crippen LogP contribution >= 0.6 is 11.3 Å². The highest BCUT2D eigenvalue weighted by Gasteiger charge is 2.58. The van der Waals surface area contributed by atoms with Gasteiger partial charge in [-0.15, -0.1) is 11.3 Å². The van der Waals surface area contributed by atoms with Crippen LogP contribution in [0.5, 0.6) is 5.75 Å². The monoisotopic (exact) mass is 453 g/mol. The smallest absolute Gasteiger partial charge is 0.226 e. The third-order valence-corrected chi connectivity index (χ3v) is 9.15. The van der Waals surface area contributed by atoms with Crippen molar-refractivity contribution in [2.24, 2.45) is 23.2 Å². The number of phenolic OH excluding ortho intramolecular Hbond substituents is 1. The zero-order valence-electron chi connectivity index (χ0n) is 18.7. The van der Waals surface area contributed by atoms with Crippen LogP contribution in [-0.4, -0.2) is 21.8 Å². The summed E-state index contributed by atoms with van der Waals surface area (Å²) in [7, 11) is 0. The maximum Gasteiger partial charge on any atom is 0.226 e. The number of rotatable bonds is 4. The van der Waals surface area contributed by atoms with Gasteiger partial charge in [0.05, 0.1) is 5.69 Å². The van der Waals surface area contributed by atoms with Crippen LogP contribution in [0.3, 0.4) is 0 Å². The number of thiazole rings is 1. The first-order chi connectivity index (χ1) is 15.3. The van der Waals surface area contributed by atoms with Crippen molar-refractivity contribution in [3.63, 3.8) is 0 Å². The molecule has 1 heterocycles. The predicted octanol–water partition coefficient (Wildman–Crippen LogP) is 4.81. The molecule has 32 heavy (non-hydrogen) atoms. The highest BCUT2D eigenvalue weighted by molar-refractivity contribution is 7.15. The lowest BCUT2D eigenvalue weighted by Gasteiger charge is -2.50. The summed E-state index contributed by atoms with van der Waals surface area (Å²) >= 11 is 1.48. The van der Waals surface area contributed by atoms with E-state index in [4.69, 9.17) is 5.73 Å². The van der Waals surface area contributed by atoms with Gasteiger partial charge in [-0.05, 0) is 86.0 Å². The second-order valence-electron chi connectivity index (χ2n) is 10.2. The van der Waals surface area contributed by atoms with E-state index in [1.165, 1.54) is 22.5 Å². The maximum atomic E-state index is 13.1. The first-order valence-corrected chi connectivity index (χ1v) is 12.4. The fourth-order valence-electron chi connectivity index (χ4n) is 6.86. The second kappa shape index (κ2) is 7.87. The van der Waals surface area contributed by atoms with Crippen molar-refractivity contribution in [1.82, 2.24) is 4.98 Å². The van der Waals surface area contributed by atoms with Crippen LogP contribution in [0.25, 0.3) is 0 Å². The van der Waals surface area contributed by atoms with E-state index in [9.17, 15) is 14.7 Å². The molecular formula is C25H31N3O3S. The number of aryl methyl sites for hydroxylation is 2. The Bertz CT molecular complexity index is 1080. The Balaban J connectivity index is 1.35. The Morgan fingerprint density at radius 3 is 2.94 bits per heavy atom. The van der Waals surface area contributed by atoms with Gasteiger partial charge in [0.25, 0.3) is 0 Å². The summed E-state index contributed by atoms with van der Waals surface area (Å²) in [5, 5.41) is 13.6. The molecule has 1 aromatic carbocycles. The van der Waals surface area contributed by atoms with Crippen LogP contribution in [0.15, 0.2) is 18.3 Å². The Hall–Kier alpha value is -2.41. The first-order valence-electron chi connectivity index (χ1n) is 11.6. The molecule has 3 aliphatic rings. The van der Waals surface area contributed by atoms with Gasteiger partial charge < -0.3 is 16.2 Å². The number of carbonyl (C=O) groups is 2. The molecule has 5 rings (SSSR count). The minimum Gasteiger partial charge on any atom is -0.506 e. The Labute approximate surface area is 192 Å². The summed E-state index contributed by atoms with van der Waals surface area (Å²) < 4.78 is 0. The van der Waals surface area contributed by atoms with Gasteiger partial charge in [-0.3, -0.25) is 9.59 Å². The van der Waals surface area contributed by atoms with Crippen LogP contribution in [0, 0.1) is 30.1 Å². The highest BCUT2D eigenvalue weighted by atomic mass is 32.1. The van der Waals surface area contributed by atoms with Gasteiger partial charge >= 0.3 is 0 Å². The number of fused-ring (bicyclic) bond motifs is 5. The number of Topliss-reactive ketones (excluding diaryl/α,β-unsaturated/α-hetero) is 1. The minimum absolute atomic E-state index is 0.0231. The third kappa shape index (κ3) is 3.51. The molecule has 7 heteroatoms. The van der Waals surface area contributed by atoms with Crippen molar-refractivity contribution in [3.8, 4) is 5.75 Å². The molecule has 2 aromatic rings. The lowest BCUT2D eigenvalue weighted by molar-refractivity contribution is -0.129. The zero-order valence-corrected chi connectivity index (χ0v) is 19.5. The van der Waals surface area contributed by atoms with Gasteiger partial charge in [-0.1, -0.05) is 6.92 Å². The number of ketones is 1. The van der Waals surface area contributed by atoms with Crippen molar-refractivity contribution < 1.29 is 14.7 Å². The number of amides is 1. The number of benzene rings is 1. The summed E-state index contributed by atoms with van der Waals surface area (Å²) in [5.41, 5.74) is 8.65. The fourth-order valence-corrected chi connectivity index (χ4v) is 7.54. The predicted molar refractivity (Wildman–Crippen MR) is 126 cm³/mol. The van der Waals surface area contributed by atoms with Gasteiger partial charge in [0, 0.05) is 29.3 Å². The Kier molecular flexibility index (Phi) is 5.27. The van der Waals surface area contributed by atoms with Crippen LogP contribution < -0.4 is 11.1 Å². The molecule has 0 bridgehead atoms. The van der Waals surface area contributed by atoms with Crippen LogP contribution in [0.1, 0.15) is 67.4 Å². The molecule has 1 amide bonds. The molecule has 0 saturated heterocycles. The maximum absolute atomic E-state index is 13.1. The van der Waals surface area contributed by atoms with Crippen LogP contribution in [0.2, 0.25) is 0 Å². The first kappa shape index (κ1) is 21.4. The summed E-state index contributed by atoms with van der Waals surface area (Å²) in [6.45, 7) is 4.13. The number of phenols is 1. The molecule has 4 N–H and O–H groups in total. The molecule has 2 fully saturated rings. The molecule has 2 saturated carbocycles. The number of nitrogens with zero attached hydrogens (tertiary/aromatic N) is 1. The summed E-state index contributed by atoms with van der Waals surface area (Å²) in [5.74, 6) is 1.85. The Morgan fingerprint density at radius 2 is 2.19 bits per heavy atom. The molecule has 3 unspecified atom stereocenters. The largest absolute Gasteiger partial charge is 0.506 e. The lowest BCUT2D eigenvalue weighted by atomic mass is 9.54. The number of nitrogens with one attached hydrogen (secondary N) is 1. The van der Waals surface area contributed by atoms with Gasteiger partial charge in [-0.25, -0.2) is 4.98 Å². The molecule has 3 aliphatic carbocycles. The SMILES string of the molecule is Cc1cnc(NC(=O)CC[C@@H]2CC(=O)[C@@]3(C)CCC4c5cc(N)c(O)cc5CCC4C23)s1. The average Bonchev–Trinajstić information content (AvgIpc) is 3.27. The molecule has 6 nitrogen and oxygen atoms in total. The number of aromatic nitrogens is 1. The number of anilines is 2. The number of nitrogen functional groups attached to an aromatic ring is 1. The van der Waals surface area contributed by atoms with Gasteiger partial charge in [0.2, 0.25) is 5.91 Å². The van der Waals surface area contributed by atoms with E-state index in [1.54, 1.807) is 6.20 Å². The normalized spacial score (nSPS) is 31.0. The summed E-state index contributed by atoms with van der Waals surface area (Å²) in [4.78, 5) is 31.0. The van der Waals surface area contributed by atoms with Gasteiger partial charge in [-0.2, -0.15) is 0 Å². The Morgan fingerprint density at radius 1 is 1.38 bits per heavy atom. The number of hydrogen-bond donors (Lipinski definition) is 3. The molecule has 0 aliphatic heterocycles. The number of hydrogen-bond acceptors (Lipinski definition) is 6. The molecule has 1 aromatic heterocycles. The quantitative estimate of drug-likeness (QED) is 0.455. The van der Waals surface area contributed by atoms with Crippen molar-refractivity contribution >= 4 is 33.8 Å². The second-order valence-corrected chi connectivity index (χ2v) is 11.4. The van der Waals surface area contributed by atoms with Crippen molar-refractivity contribution in [2.45, 2.75) is 64.7 Å². The number of aromatic hydroxyl groups is 1. The standard InChI is InChI=1S/C25H31N3O3S/c1-13-12-27-24(32-13)28-22(31)6-4-15-10-21(30)25(2)8-7-16-17(23(15)25)5-3-14-9-20(29)19(26)11-18(14)16/h9,11-12,15-17,23,29H,3-8,10,26H2,1-2H3,(H,27,28,31)/t15-,16?,17?,23?,25-/m1/s1.